The zero-order valence-corrected chi connectivity index (χ0v) is 8.05. The first kappa shape index (κ1) is 9.79. The Morgan fingerprint density at radius 3 is 2.77 bits per heavy atom. The van der Waals surface area contributed by atoms with Gasteiger partial charge in [0.2, 0.25) is 5.91 Å². The Labute approximate surface area is 78.4 Å². The van der Waals surface area contributed by atoms with Gasteiger partial charge in [-0.05, 0) is 33.1 Å². The van der Waals surface area contributed by atoms with Gasteiger partial charge >= 0.3 is 0 Å². The van der Waals surface area contributed by atoms with Crippen LogP contribution in [-0.4, -0.2) is 11.9 Å². The van der Waals surface area contributed by atoms with Crippen molar-refractivity contribution in [3.63, 3.8) is 0 Å². The first-order chi connectivity index (χ1) is 6.15. The Kier molecular flexibility index (Phi) is 3.07. The van der Waals surface area contributed by atoms with E-state index < -0.39 is 0 Å². The van der Waals surface area contributed by atoms with Gasteiger partial charge in [0.05, 0.1) is 6.07 Å². The lowest BCUT2D eigenvalue weighted by Crippen LogP contribution is -2.31. The number of hydrogen-bond donors (Lipinski definition) is 1. The van der Waals surface area contributed by atoms with Crippen LogP contribution in [0.15, 0.2) is 11.1 Å². The van der Waals surface area contributed by atoms with Gasteiger partial charge in [0, 0.05) is 17.2 Å². The normalized spacial score (nSPS) is 16.2. The van der Waals surface area contributed by atoms with Crippen molar-refractivity contribution in [3.8, 4) is 6.07 Å². The fourth-order valence-electron chi connectivity index (χ4n) is 1.47. The Morgan fingerprint density at radius 1 is 1.54 bits per heavy atom. The number of allylic oxidation sites excluding steroid dienone is 1. The Morgan fingerprint density at radius 2 is 2.23 bits per heavy atom. The van der Waals surface area contributed by atoms with Gasteiger partial charge in [-0.2, -0.15) is 5.26 Å². The van der Waals surface area contributed by atoms with E-state index in [4.69, 9.17) is 5.26 Å². The summed E-state index contributed by atoms with van der Waals surface area (Å²) in [5.74, 6) is -0.0657. The van der Waals surface area contributed by atoms with Crippen LogP contribution in [0.4, 0.5) is 0 Å². The van der Waals surface area contributed by atoms with E-state index in [1.165, 1.54) is 0 Å². The molecule has 0 saturated carbocycles. The molecule has 0 spiro atoms. The molecule has 1 N–H and O–H groups in total. The third-order valence-electron chi connectivity index (χ3n) is 2.05. The third-order valence-corrected chi connectivity index (χ3v) is 2.05. The molecule has 0 radical (unpaired) electrons. The fourth-order valence-corrected chi connectivity index (χ4v) is 1.47. The minimum atomic E-state index is -0.0657. The van der Waals surface area contributed by atoms with Gasteiger partial charge in [-0.1, -0.05) is 0 Å². The summed E-state index contributed by atoms with van der Waals surface area (Å²) in [7, 11) is 0. The SMILES string of the molecule is CC(C)NC(=O)C1=C(C#N)CCC1. The Balaban J connectivity index is 2.71. The maximum atomic E-state index is 11.5. The molecule has 1 amide bonds. The van der Waals surface area contributed by atoms with E-state index in [9.17, 15) is 4.79 Å². The molecular weight excluding hydrogens is 164 g/mol. The van der Waals surface area contributed by atoms with Crippen LogP contribution >= 0.6 is 0 Å². The molecule has 0 aromatic carbocycles. The van der Waals surface area contributed by atoms with Crippen molar-refractivity contribution in [3.05, 3.63) is 11.1 Å². The van der Waals surface area contributed by atoms with Gasteiger partial charge < -0.3 is 5.32 Å². The summed E-state index contributed by atoms with van der Waals surface area (Å²) in [5.41, 5.74) is 1.36. The second-order valence-corrected chi connectivity index (χ2v) is 3.55. The van der Waals surface area contributed by atoms with Gasteiger partial charge in [-0.3, -0.25) is 4.79 Å². The van der Waals surface area contributed by atoms with Crippen LogP contribution in [0.5, 0.6) is 0 Å². The molecule has 0 fully saturated rings. The van der Waals surface area contributed by atoms with Crippen LogP contribution in [0.3, 0.4) is 0 Å². The van der Waals surface area contributed by atoms with Crippen LogP contribution < -0.4 is 5.32 Å². The summed E-state index contributed by atoms with van der Waals surface area (Å²) in [4.78, 5) is 11.5. The molecule has 13 heavy (non-hydrogen) atoms. The van der Waals surface area contributed by atoms with Crippen molar-refractivity contribution in [1.29, 1.82) is 5.26 Å². The second kappa shape index (κ2) is 4.08. The van der Waals surface area contributed by atoms with Crippen LogP contribution in [0.25, 0.3) is 0 Å². The molecule has 0 aliphatic heterocycles. The average molecular weight is 178 g/mol. The van der Waals surface area contributed by atoms with Crippen molar-refractivity contribution in [2.24, 2.45) is 0 Å². The number of carbonyl (C=O) groups excluding carboxylic acids is 1. The largest absolute Gasteiger partial charge is 0.350 e. The maximum Gasteiger partial charge on any atom is 0.248 e. The molecule has 70 valence electrons. The summed E-state index contributed by atoms with van der Waals surface area (Å²) < 4.78 is 0. The van der Waals surface area contributed by atoms with E-state index in [0.29, 0.717) is 11.1 Å². The molecule has 3 nitrogen and oxygen atoms in total. The summed E-state index contributed by atoms with van der Waals surface area (Å²) in [6.45, 7) is 3.83. The predicted octanol–water partition coefficient (Wildman–Crippen LogP) is 1.52. The molecule has 0 atom stereocenters. The highest BCUT2D eigenvalue weighted by atomic mass is 16.1. The number of hydrogen-bond acceptors (Lipinski definition) is 2. The highest BCUT2D eigenvalue weighted by molar-refractivity contribution is 5.95. The van der Waals surface area contributed by atoms with E-state index in [2.05, 4.69) is 11.4 Å². The number of rotatable bonds is 2. The van der Waals surface area contributed by atoms with Gasteiger partial charge in [0.15, 0.2) is 0 Å². The molecule has 0 saturated heterocycles. The molecule has 1 aliphatic rings. The molecule has 0 heterocycles. The summed E-state index contributed by atoms with van der Waals surface area (Å²) >= 11 is 0. The summed E-state index contributed by atoms with van der Waals surface area (Å²) in [6, 6.07) is 2.23. The van der Waals surface area contributed by atoms with E-state index in [1.807, 2.05) is 13.8 Å². The van der Waals surface area contributed by atoms with Crippen LogP contribution in [0, 0.1) is 11.3 Å². The maximum absolute atomic E-state index is 11.5. The van der Waals surface area contributed by atoms with E-state index in [0.717, 1.165) is 19.3 Å². The highest BCUT2D eigenvalue weighted by Crippen LogP contribution is 2.25. The molecule has 0 aromatic heterocycles. The third kappa shape index (κ3) is 2.32. The van der Waals surface area contributed by atoms with Gasteiger partial charge in [-0.25, -0.2) is 0 Å². The minimum absolute atomic E-state index is 0.0657. The van der Waals surface area contributed by atoms with Crippen molar-refractivity contribution in [1.82, 2.24) is 5.32 Å². The smallest absolute Gasteiger partial charge is 0.248 e. The fraction of sp³-hybridized carbons (Fsp3) is 0.600. The molecule has 1 aliphatic carbocycles. The lowest BCUT2D eigenvalue weighted by Gasteiger charge is -2.08. The lowest BCUT2D eigenvalue weighted by atomic mass is 10.1. The predicted molar refractivity (Wildman–Crippen MR) is 49.8 cm³/mol. The molecule has 0 aromatic rings. The topological polar surface area (TPSA) is 52.9 Å². The van der Waals surface area contributed by atoms with Crippen LogP contribution in [-0.2, 0) is 4.79 Å². The quantitative estimate of drug-likeness (QED) is 0.697. The highest BCUT2D eigenvalue weighted by Gasteiger charge is 2.20. The van der Waals surface area contributed by atoms with Gasteiger partial charge in [-0.15, -0.1) is 0 Å². The first-order valence-corrected chi connectivity index (χ1v) is 4.58. The van der Waals surface area contributed by atoms with Gasteiger partial charge in [0.25, 0.3) is 0 Å². The van der Waals surface area contributed by atoms with E-state index in [-0.39, 0.29) is 11.9 Å². The number of carbonyl (C=O) groups is 1. The van der Waals surface area contributed by atoms with Crippen LogP contribution in [0.2, 0.25) is 0 Å². The molecular formula is C10H14N2O. The Hall–Kier alpha value is -1.30. The Bertz CT molecular complexity index is 284. The molecule has 0 unspecified atom stereocenters. The number of nitriles is 1. The monoisotopic (exact) mass is 178 g/mol. The van der Waals surface area contributed by atoms with Gasteiger partial charge in [0.1, 0.15) is 0 Å². The lowest BCUT2D eigenvalue weighted by molar-refractivity contribution is -0.118. The number of nitrogens with one attached hydrogen (secondary N) is 1. The minimum Gasteiger partial charge on any atom is -0.350 e. The molecule has 1 rings (SSSR count). The summed E-state index contributed by atoms with van der Waals surface area (Å²) in [5, 5.41) is 11.5. The molecule has 0 bridgehead atoms. The van der Waals surface area contributed by atoms with Crippen molar-refractivity contribution in [2.45, 2.75) is 39.2 Å². The second-order valence-electron chi connectivity index (χ2n) is 3.55. The zero-order chi connectivity index (χ0) is 9.84. The van der Waals surface area contributed by atoms with Crippen LogP contribution in [0.1, 0.15) is 33.1 Å². The van der Waals surface area contributed by atoms with Crippen molar-refractivity contribution in [2.75, 3.05) is 0 Å². The van der Waals surface area contributed by atoms with E-state index in [1.54, 1.807) is 0 Å². The summed E-state index contributed by atoms with van der Waals surface area (Å²) in [6.07, 6.45) is 2.45. The zero-order valence-electron chi connectivity index (χ0n) is 8.05. The van der Waals surface area contributed by atoms with E-state index >= 15 is 0 Å². The standard InChI is InChI=1S/C10H14N2O/c1-7(2)12-10(13)9-5-3-4-8(9)6-11/h7H,3-5H2,1-2H3,(H,12,13). The first-order valence-electron chi connectivity index (χ1n) is 4.58. The van der Waals surface area contributed by atoms with Crippen molar-refractivity contribution >= 4 is 5.91 Å². The average Bonchev–Trinajstić information content (AvgIpc) is 2.49. The number of amides is 1. The molecule has 3 heteroatoms. The number of nitrogens with zero attached hydrogens (tertiary/aromatic N) is 1. The van der Waals surface area contributed by atoms with Crippen molar-refractivity contribution < 1.29 is 4.79 Å².